The molecule has 0 aliphatic rings. The van der Waals surface area contributed by atoms with E-state index in [2.05, 4.69) is 6.92 Å². The largest absolute Gasteiger partial charge is 0.507 e. The Bertz CT molecular complexity index is 409. The predicted octanol–water partition coefficient (Wildman–Crippen LogP) is 4.40. The number of hydrogen-bond acceptors (Lipinski definition) is 4. The van der Waals surface area contributed by atoms with Gasteiger partial charge in [0.25, 0.3) is 0 Å². The zero-order valence-corrected chi connectivity index (χ0v) is 12.8. The standard InChI is InChI=1S/C17H26O4/c1-2-3-4-5-6-7-8-9-13-21-17(20)16-14(18)11-10-12-15(16)19/h10-12,18-19H,2-9,13H2,1H3. The average molecular weight is 294 g/mol. The Labute approximate surface area is 126 Å². The fraction of sp³-hybridized carbons (Fsp3) is 0.588. The van der Waals surface area contributed by atoms with Gasteiger partial charge in [0.05, 0.1) is 6.61 Å². The molecule has 0 atom stereocenters. The van der Waals surface area contributed by atoms with Crippen LogP contribution in [0.4, 0.5) is 0 Å². The van der Waals surface area contributed by atoms with Crippen molar-refractivity contribution in [3.63, 3.8) is 0 Å². The van der Waals surface area contributed by atoms with E-state index in [1.165, 1.54) is 50.3 Å². The van der Waals surface area contributed by atoms with Gasteiger partial charge in [-0.15, -0.1) is 0 Å². The maximum atomic E-state index is 11.8. The van der Waals surface area contributed by atoms with Gasteiger partial charge in [0, 0.05) is 0 Å². The van der Waals surface area contributed by atoms with Crippen molar-refractivity contribution in [3.05, 3.63) is 23.8 Å². The van der Waals surface area contributed by atoms with E-state index < -0.39 is 5.97 Å². The predicted molar refractivity (Wildman–Crippen MR) is 82.7 cm³/mol. The van der Waals surface area contributed by atoms with E-state index in [1.54, 1.807) is 0 Å². The monoisotopic (exact) mass is 294 g/mol. The second-order valence-electron chi connectivity index (χ2n) is 5.28. The summed E-state index contributed by atoms with van der Waals surface area (Å²) in [5.74, 6) is -1.18. The molecule has 4 nitrogen and oxygen atoms in total. The molecule has 118 valence electrons. The lowest BCUT2D eigenvalue weighted by atomic mass is 10.1. The molecule has 0 saturated heterocycles. The molecule has 4 heteroatoms. The van der Waals surface area contributed by atoms with Crippen LogP contribution in [-0.2, 0) is 4.74 Å². The van der Waals surface area contributed by atoms with Crippen molar-refractivity contribution >= 4 is 5.97 Å². The SMILES string of the molecule is CCCCCCCCCCOC(=O)c1c(O)cccc1O. The molecule has 0 saturated carbocycles. The van der Waals surface area contributed by atoms with E-state index in [-0.39, 0.29) is 17.1 Å². The van der Waals surface area contributed by atoms with Gasteiger partial charge in [-0.2, -0.15) is 0 Å². The molecule has 0 bridgehead atoms. The number of carbonyl (C=O) groups is 1. The lowest BCUT2D eigenvalue weighted by molar-refractivity contribution is 0.0491. The summed E-state index contributed by atoms with van der Waals surface area (Å²) in [4.78, 5) is 11.8. The first-order chi connectivity index (χ1) is 10.2. The third-order valence-corrected chi connectivity index (χ3v) is 3.46. The smallest absolute Gasteiger partial charge is 0.345 e. The summed E-state index contributed by atoms with van der Waals surface area (Å²) in [6.45, 7) is 2.53. The van der Waals surface area contributed by atoms with Crippen LogP contribution in [0.15, 0.2) is 18.2 Å². The van der Waals surface area contributed by atoms with E-state index in [0.717, 1.165) is 19.3 Å². The van der Waals surface area contributed by atoms with Crippen molar-refractivity contribution in [2.45, 2.75) is 58.3 Å². The Morgan fingerprint density at radius 3 is 2.05 bits per heavy atom. The molecule has 21 heavy (non-hydrogen) atoms. The second kappa shape index (κ2) is 10.1. The molecular weight excluding hydrogens is 268 g/mol. The summed E-state index contributed by atoms with van der Waals surface area (Å²) in [6.07, 6.45) is 9.38. The fourth-order valence-electron chi connectivity index (χ4n) is 2.21. The molecule has 1 aromatic carbocycles. The zero-order chi connectivity index (χ0) is 15.5. The van der Waals surface area contributed by atoms with Crippen LogP contribution in [0.5, 0.6) is 11.5 Å². The van der Waals surface area contributed by atoms with Crippen molar-refractivity contribution in [2.75, 3.05) is 6.61 Å². The summed E-state index contributed by atoms with van der Waals surface area (Å²) in [5, 5.41) is 19.1. The highest BCUT2D eigenvalue weighted by Crippen LogP contribution is 2.26. The normalized spacial score (nSPS) is 10.5. The van der Waals surface area contributed by atoms with Crippen molar-refractivity contribution in [1.29, 1.82) is 0 Å². The summed E-state index contributed by atoms with van der Waals surface area (Å²) in [7, 11) is 0. The molecule has 0 aliphatic heterocycles. The highest BCUT2D eigenvalue weighted by molar-refractivity contribution is 5.95. The molecule has 0 radical (unpaired) electrons. The summed E-state index contributed by atoms with van der Waals surface area (Å²) in [6, 6.07) is 4.18. The van der Waals surface area contributed by atoms with Crippen LogP contribution in [0.3, 0.4) is 0 Å². The van der Waals surface area contributed by atoms with Crippen molar-refractivity contribution in [1.82, 2.24) is 0 Å². The van der Waals surface area contributed by atoms with Gasteiger partial charge < -0.3 is 14.9 Å². The lowest BCUT2D eigenvalue weighted by Crippen LogP contribution is -2.07. The van der Waals surface area contributed by atoms with Crippen molar-refractivity contribution < 1.29 is 19.7 Å². The Hall–Kier alpha value is -1.71. The molecule has 0 heterocycles. The third kappa shape index (κ3) is 6.52. The fourth-order valence-corrected chi connectivity index (χ4v) is 2.21. The Morgan fingerprint density at radius 1 is 0.952 bits per heavy atom. The van der Waals surface area contributed by atoms with Gasteiger partial charge in [-0.05, 0) is 18.6 Å². The minimum atomic E-state index is -0.673. The van der Waals surface area contributed by atoms with E-state index >= 15 is 0 Å². The van der Waals surface area contributed by atoms with Gasteiger partial charge in [0.15, 0.2) is 0 Å². The lowest BCUT2D eigenvalue weighted by Gasteiger charge is -2.07. The molecule has 0 amide bonds. The molecule has 1 aromatic rings. The van der Waals surface area contributed by atoms with E-state index in [1.807, 2.05) is 0 Å². The van der Waals surface area contributed by atoms with Gasteiger partial charge in [0.2, 0.25) is 0 Å². The van der Waals surface area contributed by atoms with Crippen LogP contribution < -0.4 is 0 Å². The first-order valence-electron chi connectivity index (χ1n) is 7.85. The van der Waals surface area contributed by atoms with Gasteiger partial charge in [0.1, 0.15) is 17.1 Å². The van der Waals surface area contributed by atoms with Crippen LogP contribution in [0.1, 0.15) is 68.6 Å². The molecule has 0 unspecified atom stereocenters. The maximum absolute atomic E-state index is 11.8. The van der Waals surface area contributed by atoms with E-state index in [9.17, 15) is 15.0 Å². The summed E-state index contributed by atoms with van der Waals surface area (Å²) < 4.78 is 5.08. The number of hydrogen-bond donors (Lipinski definition) is 2. The highest BCUT2D eigenvalue weighted by Gasteiger charge is 2.17. The van der Waals surface area contributed by atoms with E-state index in [4.69, 9.17) is 4.74 Å². The summed E-state index contributed by atoms with van der Waals surface area (Å²) >= 11 is 0. The average Bonchev–Trinajstić information content (AvgIpc) is 2.45. The number of esters is 1. The van der Waals surface area contributed by atoms with Gasteiger partial charge in [-0.3, -0.25) is 0 Å². The highest BCUT2D eigenvalue weighted by atomic mass is 16.5. The van der Waals surface area contributed by atoms with Crippen LogP contribution in [-0.4, -0.2) is 22.8 Å². The number of phenolic OH excluding ortho intramolecular Hbond substituents is 2. The van der Waals surface area contributed by atoms with Gasteiger partial charge in [-0.1, -0.05) is 57.9 Å². The first-order valence-corrected chi connectivity index (χ1v) is 7.85. The molecule has 2 N–H and O–H groups in total. The molecule has 0 spiro atoms. The van der Waals surface area contributed by atoms with Crippen molar-refractivity contribution in [3.8, 4) is 11.5 Å². The zero-order valence-electron chi connectivity index (χ0n) is 12.8. The number of unbranched alkanes of at least 4 members (excludes halogenated alkanes) is 7. The number of rotatable bonds is 10. The maximum Gasteiger partial charge on any atom is 0.345 e. The molecule has 1 rings (SSSR count). The topological polar surface area (TPSA) is 66.8 Å². The summed E-state index contributed by atoms with van der Waals surface area (Å²) in [5.41, 5.74) is -0.155. The van der Waals surface area contributed by atoms with Crippen LogP contribution in [0, 0.1) is 0 Å². The van der Waals surface area contributed by atoms with Crippen LogP contribution in [0.25, 0.3) is 0 Å². The van der Waals surface area contributed by atoms with Gasteiger partial charge >= 0.3 is 5.97 Å². The number of phenols is 2. The Morgan fingerprint density at radius 2 is 1.48 bits per heavy atom. The first kappa shape index (κ1) is 17.3. The number of benzene rings is 1. The minimum absolute atomic E-state index is 0.155. The molecule has 0 fully saturated rings. The second-order valence-corrected chi connectivity index (χ2v) is 5.28. The Balaban J connectivity index is 2.14. The van der Waals surface area contributed by atoms with Gasteiger partial charge in [-0.25, -0.2) is 4.79 Å². The van der Waals surface area contributed by atoms with Crippen LogP contribution in [0.2, 0.25) is 0 Å². The minimum Gasteiger partial charge on any atom is -0.507 e. The molecular formula is C17H26O4. The van der Waals surface area contributed by atoms with Crippen molar-refractivity contribution in [2.24, 2.45) is 0 Å². The number of carbonyl (C=O) groups excluding carboxylic acids is 1. The quantitative estimate of drug-likeness (QED) is 0.496. The number of ether oxygens (including phenoxy) is 1. The number of aromatic hydroxyl groups is 2. The Kier molecular flexibility index (Phi) is 8.32. The van der Waals surface area contributed by atoms with E-state index in [0.29, 0.717) is 6.61 Å². The third-order valence-electron chi connectivity index (χ3n) is 3.46. The molecule has 0 aromatic heterocycles. The van der Waals surface area contributed by atoms with Crippen LogP contribution >= 0.6 is 0 Å². The molecule has 0 aliphatic carbocycles.